The molecule has 0 radical (unpaired) electrons. The summed E-state index contributed by atoms with van der Waals surface area (Å²) < 4.78 is 11.4. The van der Waals surface area contributed by atoms with Crippen LogP contribution < -0.4 is 5.32 Å². The van der Waals surface area contributed by atoms with Crippen molar-refractivity contribution < 1.29 is 9.47 Å². The standard InChI is InChI=1S/C18H24N2O2/c1-13(11-18(3)21-9-10-22-18)12-20-16-7-8-19-17-14(2)5-4-6-15(16)17/h4-8,13H,9-12H2,1-3H3,(H,19,20). The quantitative estimate of drug-likeness (QED) is 0.913. The largest absolute Gasteiger partial charge is 0.384 e. The second kappa shape index (κ2) is 6.23. The van der Waals surface area contributed by atoms with Crippen molar-refractivity contribution >= 4 is 16.6 Å². The van der Waals surface area contributed by atoms with Crippen molar-refractivity contribution in [2.45, 2.75) is 33.0 Å². The predicted molar refractivity (Wildman–Crippen MR) is 89.1 cm³/mol. The Kier molecular flexibility index (Phi) is 4.32. The number of nitrogens with zero attached hydrogens (tertiary/aromatic N) is 1. The molecule has 1 aliphatic heterocycles. The van der Waals surface area contributed by atoms with Crippen LogP contribution in [-0.2, 0) is 9.47 Å². The predicted octanol–water partition coefficient (Wildman–Crippen LogP) is 3.74. The molecule has 1 saturated heterocycles. The summed E-state index contributed by atoms with van der Waals surface area (Å²) in [4.78, 5) is 4.48. The first kappa shape index (κ1) is 15.3. The van der Waals surface area contributed by atoms with Crippen LogP contribution in [0.2, 0.25) is 0 Å². The summed E-state index contributed by atoms with van der Waals surface area (Å²) in [5, 5.41) is 4.73. The summed E-state index contributed by atoms with van der Waals surface area (Å²) in [5.74, 6) is 0.0361. The molecule has 1 unspecified atom stereocenters. The first-order chi connectivity index (χ1) is 10.6. The molecule has 118 valence electrons. The molecule has 1 aromatic heterocycles. The topological polar surface area (TPSA) is 43.4 Å². The molecule has 1 N–H and O–H groups in total. The van der Waals surface area contributed by atoms with Crippen molar-refractivity contribution in [3.63, 3.8) is 0 Å². The van der Waals surface area contributed by atoms with E-state index < -0.39 is 5.79 Å². The van der Waals surface area contributed by atoms with Crippen molar-refractivity contribution in [2.24, 2.45) is 5.92 Å². The summed E-state index contributed by atoms with van der Waals surface area (Å²) in [7, 11) is 0. The number of nitrogens with one attached hydrogen (secondary N) is 1. The fraction of sp³-hybridized carbons (Fsp3) is 0.500. The number of para-hydroxylation sites is 1. The molecule has 1 aliphatic rings. The molecular weight excluding hydrogens is 276 g/mol. The van der Waals surface area contributed by atoms with E-state index in [1.165, 1.54) is 10.9 Å². The number of anilines is 1. The Morgan fingerprint density at radius 1 is 1.27 bits per heavy atom. The van der Waals surface area contributed by atoms with Crippen LogP contribution in [0, 0.1) is 12.8 Å². The van der Waals surface area contributed by atoms with Gasteiger partial charge in [-0.15, -0.1) is 0 Å². The van der Waals surface area contributed by atoms with Crippen LogP contribution in [0.4, 0.5) is 5.69 Å². The summed E-state index contributed by atoms with van der Waals surface area (Å²) in [6.45, 7) is 8.63. The summed E-state index contributed by atoms with van der Waals surface area (Å²) in [6.07, 6.45) is 2.76. The highest BCUT2D eigenvalue weighted by molar-refractivity contribution is 5.92. The molecule has 3 rings (SSSR count). The fourth-order valence-corrected chi connectivity index (χ4v) is 3.14. The number of aromatic nitrogens is 1. The van der Waals surface area contributed by atoms with Gasteiger partial charge in [0.1, 0.15) is 0 Å². The number of benzene rings is 1. The molecule has 0 spiro atoms. The molecule has 0 bridgehead atoms. The molecule has 2 aromatic rings. The average Bonchev–Trinajstić information content (AvgIpc) is 2.92. The Balaban J connectivity index is 1.67. The molecule has 4 nitrogen and oxygen atoms in total. The zero-order valence-corrected chi connectivity index (χ0v) is 13.6. The normalized spacial score (nSPS) is 18.5. The molecule has 1 fully saturated rings. The lowest BCUT2D eigenvalue weighted by Gasteiger charge is -2.26. The van der Waals surface area contributed by atoms with Gasteiger partial charge in [-0.1, -0.05) is 25.1 Å². The number of rotatable bonds is 5. The van der Waals surface area contributed by atoms with Crippen LogP contribution in [0.3, 0.4) is 0 Å². The molecule has 1 atom stereocenters. The Morgan fingerprint density at radius 3 is 2.82 bits per heavy atom. The lowest BCUT2D eigenvalue weighted by molar-refractivity contribution is -0.153. The maximum atomic E-state index is 5.69. The van der Waals surface area contributed by atoms with E-state index in [1.807, 2.05) is 19.2 Å². The van der Waals surface area contributed by atoms with Gasteiger partial charge in [-0.05, 0) is 31.4 Å². The lowest BCUT2D eigenvalue weighted by Crippen LogP contribution is -2.30. The Hall–Kier alpha value is -1.65. The summed E-state index contributed by atoms with van der Waals surface area (Å²) in [6, 6.07) is 8.33. The van der Waals surface area contributed by atoms with Gasteiger partial charge in [-0.25, -0.2) is 0 Å². The molecule has 22 heavy (non-hydrogen) atoms. The Bertz CT molecular complexity index is 651. The van der Waals surface area contributed by atoms with Crippen molar-refractivity contribution in [1.29, 1.82) is 0 Å². The zero-order valence-electron chi connectivity index (χ0n) is 13.6. The van der Waals surface area contributed by atoms with Crippen LogP contribution in [0.1, 0.15) is 25.8 Å². The molecular formula is C18H24N2O2. The third-order valence-electron chi connectivity index (χ3n) is 4.23. The SMILES string of the molecule is Cc1cccc2c(NCC(C)CC3(C)OCCO3)ccnc12. The number of aryl methyl sites for hydroxylation is 1. The molecule has 4 heteroatoms. The molecule has 0 saturated carbocycles. The van der Waals surface area contributed by atoms with Crippen LogP contribution >= 0.6 is 0 Å². The minimum absolute atomic E-state index is 0.419. The minimum atomic E-state index is -0.419. The van der Waals surface area contributed by atoms with E-state index in [0.717, 1.165) is 24.2 Å². The smallest absolute Gasteiger partial charge is 0.166 e. The molecule has 2 heterocycles. The first-order valence-electron chi connectivity index (χ1n) is 7.93. The molecule has 1 aromatic carbocycles. The third kappa shape index (κ3) is 3.23. The number of pyridine rings is 1. The highest BCUT2D eigenvalue weighted by Gasteiger charge is 2.32. The summed E-state index contributed by atoms with van der Waals surface area (Å²) >= 11 is 0. The monoisotopic (exact) mass is 300 g/mol. The van der Waals surface area contributed by atoms with Crippen LogP contribution in [0.25, 0.3) is 10.9 Å². The second-order valence-corrected chi connectivity index (χ2v) is 6.35. The number of hydrogen-bond acceptors (Lipinski definition) is 4. The van der Waals surface area contributed by atoms with Crippen molar-refractivity contribution in [1.82, 2.24) is 4.98 Å². The van der Waals surface area contributed by atoms with Crippen molar-refractivity contribution in [2.75, 3.05) is 25.1 Å². The zero-order chi connectivity index (χ0) is 15.6. The van der Waals surface area contributed by atoms with Gasteiger partial charge >= 0.3 is 0 Å². The number of hydrogen-bond donors (Lipinski definition) is 1. The van der Waals surface area contributed by atoms with Crippen molar-refractivity contribution in [3.05, 3.63) is 36.0 Å². The van der Waals surface area contributed by atoms with E-state index in [4.69, 9.17) is 9.47 Å². The maximum Gasteiger partial charge on any atom is 0.166 e. The highest BCUT2D eigenvalue weighted by Crippen LogP contribution is 2.28. The van der Waals surface area contributed by atoms with E-state index in [0.29, 0.717) is 19.1 Å². The third-order valence-corrected chi connectivity index (χ3v) is 4.23. The maximum absolute atomic E-state index is 5.69. The Labute approximate surface area is 131 Å². The van der Waals surface area contributed by atoms with Gasteiger partial charge in [0, 0.05) is 30.2 Å². The minimum Gasteiger partial charge on any atom is -0.384 e. The van der Waals surface area contributed by atoms with Crippen LogP contribution in [0.5, 0.6) is 0 Å². The molecule has 0 amide bonds. The fourth-order valence-electron chi connectivity index (χ4n) is 3.14. The number of ether oxygens (including phenoxy) is 2. The van der Waals surface area contributed by atoms with E-state index in [-0.39, 0.29) is 0 Å². The second-order valence-electron chi connectivity index (χ2n) is 6.35. The van der Waals surface area contributed by atoms with E-state index >= 15 is 0 Å². The average molecular weight is 300 g/mol. The van der Waals surface area contributed by atoms with Crippen LogP contribution in [-0.4, -0.2) is 30.5 Å². The summed E-state index contributed by atoms with van der Waals surface area (Å²) in [5.41, 5.74) is 3.41. The first-order valence-corrected chi connectivity index (χ1v) is 7.93. The van der Waals surface area contributed by atoms with E-state index in [2.05, 4.69) is 42.3 Å². The van der Waals surface area contributed by atoms with Crippen molar-refractivity contribution in [3.8, 4) is 0 Å². The van der Waals surface area contributed by atoms with Gasteiger partial charge in [0.25, 0.3) is 0 Å². The van der Waals surface area contributed by atoms with E-state index in [1.54, 1.807) is 0 Å². The van der Waals surface area contributed by atoms with Gasteiger partial charge in [0.15, 0.2) is 5.79 Å². The highest BCUT2D eigenvalue weighted by atomic mass is 16.7. The molecule has 0 aliphatic carbocycles. The van der Waals surface area contributed by atoms with Gasteiger partial charge in [-0.3, -0.25) is 4.98 Å². The number of fused-ring (bicyclic) bond motifs is 1. The van der Waals surface area contributed by atoms with Gasteiger partial charge in [-0.2, -0.15) is 0 Å². The lowest BCUT2D eigenvalue weighted by atomic mass is 10.0. The van der Waals surface area contributed by atoms with Gasteiger partial charge < -0.3 is 14.8 Å². The van der Waals surface area contributed by atoms with E-state index in [9.17, 15) is 0 Å². The van der Waals surface area contributed by atoms with Gasteiger partial charge in [0.2, 0.25) is 0 Å². The van der Waals surface area contributed by atoms with Crippen LogP contribution in [0.15, 0.2) is 30.5 Å². The Morgan fingerprint density at radius 2 is 2.05 bits per heavy atom. The van der Waals surface area contributed by atoms with Gasteiger partial charge in [0.05, 0.1) is 18.7 Å².